The van der Waals surface area contributed by atoms with Gasteiger partial charge in [0.05, 0.1) is 0 Å². The van der Waals surface area contributed by atoms with Crippen molar-refractivity contribution in [2.24, 2.45) is 0 Å². The van der Waals surface area contributed by atoms with Crippen LogP contribution >= 0.6 is 0 Å². The fourth-order valence-electron chi connectivity index (χ4n) is 1.69. The molecule has 1 atom stereocenters. The van der Waals surface area contributed by atoms with Gasteiger partial charge < -0.3 is 8.85 Å². The molecule has 0 radical (unpaired) electrons. The zero-order chi connectivity index (χ0) is 9.03. The highest BCUT2D eigenvalue weighted by molar-refractivity contribution is 6.67. The van der Waals surface area contributed by atoms with E-state index in [-0.39, 0.29) is 0 Å². The predicted octanol–water partition coefficient (Wildman–Crippen LogP) is 2.46. The van der Waals surface area contributed by atoms with Crippen LogP contribution in [0.3, 0.4) is 0 Å². The van der Waals surface area contributed by atoms with Gasteiger partial charge in [0.2, 0.25) is 0 Å². The van der Waals surface area contributed by atoms with Crippen LogP contribution in [0.1, 0.15) is 19.3 Å². The van der Waals surface area contributed by atoms with Gasteiger partial charge in [0, 0.05) is 19.8 Å². The van der Waals surface area contributed by atoms with Crippen molar-refractivity contribution in [3.8, 4) is 0 Å². The van der Waals surface area contributed by atoms with Gasteiger partial charge in [-0.3, -0.25) is 0 Å². The molecule has 70 valence electrons. The molecule has 1 aliphatic carbocycles. The predicted molar refractivity (Wildman–Crippen MR) is 52.4 cm³/mol. The monoisotopic (exact) mass is 186 g/mol. The smallest absolute Gasteiger partial charge is 0.337 e. The van der Waals surface area contributed by atoms with E-state index in [1.807, 2.05) is 0 Å². The largest absolute Gasteiger partial charge is 0.398 e. The fraction of sp³-hybridized carbons (Fsp3) is 0.778. The van der Waals surface area contributed by atoms with E-state index in [0.29, 0.717) is 5.54 Å². The second-order valence-electron chi connectivity index (χ2n) is 3.41. The van der Waals surface area contributed by atoms with Crippen molar-refractivity contribution in [1.29, 1.82) is 0 Å². The average molecular weight is 186 g/mol. The molecule has 0 saturated carbocycles. The molecule has 0 amide bonds. The molecule has 0 heterocycles. The van der Waals surface area contributed by atoms with Crippen LogP contribution in [0.2, 0.25) is 12.1 Å². The molecule has 0 bridgehead atoms. The van der Waals surface area contributed by atoms with Gasteiger partial charge in [-0.05, 0) is 25.8 Å². The van der Waals surface area contributed by atoms with Crippen LogP contribution in [0.15, 0.2) is 12.2 Å². The van der Waals surface area contributed by atoms with Gasteiger partial charge in [-0.15, -0.1) is 0 Å². The van der Waals surface area contributed by atoms with Crippen LogP contribution in [-0.2, 0) is 8.85 Å². The minimum Gasteiger partial charge on any atom is -0.398 e. The van der Waals surface area contributed by atoms with Crippen LogP contribution in [0.25, 0.3) is 0 Å². The van der Waals surface area contributed by atoms with E-state index >= 15 is 0 Å². The molecule has 2 nitrogen and oxygen atoms in total. The van der Waals surface area contributed by atoms with Crippen molar-refractivity contribution in [2.75, 3.05) is 14.2 Å². The summed E-state index contributed by atoms with van der Waals surface area (Å²) < 4.78 is 11.0. The Hall–Kier alpha value is -0.123. The van der Waals surface area contributed by atoms with Gasteiger partial charge >= 0.3 is 8.56 Å². The Labute approximate surface area is 75.8 Å². The Bertz CT molecular complexity index is 164. The van der Waals surface area contributed by atoms with E-state index in [0.717, 1.165) is 6.42 Å². The number of allylic oxidation sites excluding steroid dienone is 2. The van der Waals surface area contributed by atoms with E-state index in [1.54, 1.807) is 14.2 Å². The molecule has 1 rings (SSSR count). The summed E-state index contributed by atoms with van der Waals surface area (Å²) in [6.45, 7) is 2.15. The molecule has 0 saturated heterocycles. The van der Waals surface area contributed by atoms with Crippen molar-refractivity contribution in [3.63, 3.8) is 0 Å². The number of rotatable bonds is 3. The van der Waals surface area contributed by atoms with E-state index < -0.39 is 8.56 Å². The van der Waals surface area contributed by atoms with E-state index in [9.17, 15) is 0 Å². The third-order valence-corrected chi connectivity index (χ3v) is 6.45. The quantitative estimate of drug-likeness (QED) is 0.498. The van der Waals surface area contributed by atoms with Gasteiger partial charge in [0.15, 0.2) is 0 Å². The normalized spacial score (nSPS) is 24.4. The van der Waals surface area contributed by atoms with Crippen LogP contribution < -0.4 is 0 Å². The highest BCUT2D eigenvalue weighted by atomic mass is 28.4. The summed E-state index contributed by atoms with van der Waals surface area (Å²) in [5.74, 6) is 0. The molecule has 3 heteroatoms. The Morgan fingerprint density at radius 3 is 2.33 bits per heavy atom. The lowest BCUT2D eigenvalue weighted by Gasteiger charge is -2.32. The average Bonchev–Trinajstić information content (AvgIpc) is 2.18. The van der Waals surface area contributed by atoms with Crippen molar-refractivity contribution in [2.45, 2.75) is 31.4 Å². The summed E-state index contributed by atoms with van der Waals surface area (Å²) in [5, 5.41) is 0. The van der Waals surface area contributed by atoms with Crippen molar-refractivity contribution < 1.29 is 8.85 Å². The molecule has 0 aromatic heterocycles. The Balaban J connectivity index is 2.59. The number of hydrogen-bond acceptors (Lipinski definition) is 2. The number of hydrogen-bond donors (Lipinski definition) is 0. The third-order valence-electron chi connectivity index (χ3n) is 2.82. The lowest BCUT2D eigenvalue weighted by molar-refractivity contribution is 0.233. The van der Waals surface area contributed by atoms with Crippen molar-refractivity contribution >= 4 is 8.56 Å². The second kappa shape index (κ2) is 4.21. The molecule has 1 aliphatic rings. The zero-order valence-electron chi connectivity index (χ0n) is 8.17. The first-order valence-electron chi connectivity index (χ1n) is 4.48. The van der Waals surface area contributed by atoms with Gasteiger partial charge in [-0.2, -0.15) is 0 Å². The third kappa shape index (κ3) is 1.97. The SMILES string of the molecule is CO[Si](C)(OC)C1CC=CCC1. The topological polar surface area (TPSA) is 18.5 Å². The lowest BCUT2D eigenvalue weighted by Crippen LogP contribution is -2.42. The maximum atomic E-state index is 5.51. The van der Waals surface area contributed by atoms with Crippen LogP contribution in [-0.4, -0.2) is 22.8 Å². The molecule has 0 aromatic carbocycles. The first-order valence-corrected chi connectivity index (χ1v) is 6.87. The molecular formula is C9H18O2Si. The Kier molecular flexibility index (Phi) is 3.49. The lowest BCUT2D eigenvalue weighted by atomic mass is 10.1. The summed E-state index contributed by atoms with van der Waals surface area (Å²) in [4.78, 5) is 0. The molecule has 0 fully saturated rings. The fourth-order valence-corrected chi connectivity index (χ4v) is 3.78. The van der Waals surface area contributed by atoms with Crippen molar-refractivity contribution in [1.82, 2.24) is 0 Å². The Morgan fingerprint density at radius 2 is 1.92 bits per heavy atom. The molecular weight excluding hydrogens is 168 g/mol. The first-order chi connectivity index (χ1) is 5.73. The van der Waals surface area contributed by atoms with Gasteiger partial charge in [-0.1, -0.05) is 12.2 Å². The zero-order valence-corrected chi connectivity index (χ0v) is 9.17. The maximum Gasteiger partial charge on any atom is 0.337 e. The Morgan fingerprint density at radius 1 is 1.25 bits per heavy atom. The summed E-state index contributed by atoms with van der Waals surface area (Å²) in [6.07, 6.45) is 8.03. The molecule has 0 aliphatic heterocycles. The van der Waals surface area contributed by atoms with Gasteiger partial charge in [-0.25, -0.2) is 0 Å². The molecule has 1 unspecified atom stereocenters. The maximum absolute atomic E-state index is 5.51. The van der Waals surface area contributed by atoms with Crippen LogP contribution in [0, 0.1) is 0 Å². The van der Waals surface area contributed by atoms with Gasteiger partial charge in [0.1, 0.15) is 0 Å². The standard InChI is InChI=1S/C9H18O2Si/c1-10-12(3,11-2)9-7-5-4-6-8-9/h4-5,9H,6-8H2,1-3H3. The summed E-state index contributed by atoms with van der Waals surface area (Å²) >= 11 is 0. The van der Waals surface area contributed by atoms with Crippen molar-refractivity contribution in [3.05, 3.63) is 12.2 Å². The minimum absolute atomic E-state index is 0.637. The summed E-state index contributed by atoms with van der Waals surface area (Å²) in [6, 6.07) is 0. The first kappa shape index (κ1) is 9.96. The molecule has 0 aromatic rings. The summed E-state index contributed by atoms with van der Waals surface area (Å²) in [5.41, 5.74) is 0.637. The molecule has 0 N–H and O–H groups in total. The molecule has 12 heavy (non-hydrogen) atoms. The minimum atomic E-state index is -1.85. The van der Waals surface area contributed by atoms with Crippen LogP contribution in [0.5, 0.6) is 0 Å². The highest BCUT2D eigenvalue weighted by Gasteiger charge is 2.38. The van der Waals surface area contributed by atoms with Crippen LogP contribution in [0.4, 0.5) is 0 Å². The second-order valence-corrected chi connectivity index (χ2v) is 7.07. The van der Waals surface area contributed by atoms with E-state index in [4.69, 9.17) is 8.85 Å². The van der Waals surface area contributed by atoms with E-state index in [2.05, 4.69) is 18.7 Å². The van der Waals surface area contributed by atoms with E-state index in [1.165, 1.54) is 12.8 Å². The van der Waals surface area contributed by atoms with Gasteiger partial charge in [0.25, 0.3) is 0 Å². The summed E-state index contributed by atoms with van der Waals surface area (Å²) in [7, 11) is 1.70. The molecule has 0 spiro atoms. The highest BCUT2D eigenvalue weighted by Crippen LogP contribution is 2.34.